The molecule has 2 saturated heterocycles. The molecule has 1 atom stereocenters. The molecule has 0 aliphatic carbocycles. The van der Waals surface area contributed by atoms with Crippen molar-refractivity contribution < 1.29 is 14.5 Å². The third-order valence-electron chi connectivity index (χ3n) is 5.86. The first kappa shape index (κ1) is 21.2. The Labute approximate surface area is 185 Å². The minimum atomic E-state index is -0.402. The zero-order valence-electron chi connectivity index (χ0n) is 17.3. The molecule has 0 bridgehead atoms. The lowest BCUT2D eigenvalue weighted by Gasteiger charge is -2.37. The van der Waals surface area contributed by atoms with Gasteiger partial charge >= 0.3 is 0 Å². The molecule has 1 unspecified atom stereocenters. The molecule has 9 heteroatoms. The van der Waals surface area contributed by atoms with Gasteiger partial charge in [-0.05, 0) is 36.6 Å². The minimum Gasteiger partial charge on any atom is -0.368 e. The molecule has 2 aliphatic heterocycles. The van der Waals surface area contributed by atoms with Gasteiger partial charge in [-0.25, -0.2) is 0 Å². The number of anilines is 2. The van der Waals surface area contributed by atoms with Crippen molar-refractivity contribution in [1.29, 1.82) is 0 Å². The molecule has 4 rings (SSSR count). The highest BCUT2D eigenvalue weighted by molar-refractivity contribution is 7.98. The molecule has 2 aliphatic rings. The maximum absolute atomic E-state index is 13.0. The van der Waals surface area contributed by atoms with E-state index in [1.807, 2.05) is 41.5 Å². The first-order valence-corrected chi connectivity index (χ1v) is 11.4. The van der Waals surface area contributed by atoms with Crippen molar-refractivity contribution in [3.63, 3.8) is 0 Å². The molecule has 0 N–H and O–H groups in total. The van der Waals surface area contributed by atoms with Crippen LogP contribution < -0.4 is 9.80 Å². The van der Waals surface area contributed by atoms with Gasteiger partial charge in [0.05, 0.1) is 10.8 Å². The van der Waals surface area contributed by atoms with E-state index in [2.05, 4.69) is 4.90 Å². The van der Waals surface area contributed by atoms with Crippen LogP contribution >= 0.6 is 11.8 Å². The van der Waals surface area contributed by atoms with Crippen molar-refractivity contribution in [2.24, 2.45) is 5.92 Å². The maximum atomic E-state index is 13.0. The van der Waals surface area contributed by atoms with Gasteiger partial charge in [0.1, 0.15) is 0 Å². The van der Waals surface area contributed by atoms with Gasteiger partial charge in [0.15, 0.2) is 0 Å². The smallest absolute Gasteiger partial charge is 0.271 e. The third kappa shape index (κ3) is 4.51. The Balaban J connectivity index is 1.36. The van der Waals surface area contributed by atoms with Crippen molar-refractivity contribution in [2.75, 3.05) is 48.8 Å². The number of nitrogens with zero attached hydrogens (tertiary/aromatic N) is 4. The van der Waals surface area contributed by atoms with Gasteiger partial charge in [-0.1, -0.05) is 6.07 Å². The van der Waals surface area contributed by atoms with Gasteiger partial charge < -0.3 is 14.7 Å². The van der Waals surface area contributed by atoms with Crippen molar-refractivity contribution >= 4 is 40.6 Å². The van der Waals surface area contributed by atoms with E-state index in [1.54, 1.807) is 28.8 Å². The van der Waals surface area contributed by atoms with Crippen molar-refractivity contribution in [3.8, 4) is 0 Å². The number of carbonyl (C=O) groups excluding carboxylic acids is 2. The maximum Gasteiger partial charge on any atom is 0.271 e. The second kappa shape index (κ2) is 8.97. The molecule has 2 fully saturated rings. The number of rotatable bonds is 5. The highest BCUT2D eigenvalue weighted by Crippen LogP contribution is 2.29. The molecule has 2 heterocycles. The number of hydrogen-bond donors (Lipinski definition) is 0. The van der Waals surface area contributed by atoms with E-state index in [0.717, 1.165) is 16.3 Å². The van der Waals surface area contributed by atoms with Crippen LogP contribution in [0.15, 0.2) is 53.4 Å². The molecule has 2 aromatic carbocycles. The Morgan fingerprint density at radius 2 is 1.77 bits per heavy atom. The lowest BCUT2D eigenvalue weighted by atomic mass is 10.1. The SMILES string of the molecule is CSc1ccc(N2CC(C(=O)N3CCN(c4cccc([N+](=O)[O-])c4)CC3)CC2=O)cc1. The van der Waals surface area contributed by atoms with Gasteiger partial charge in [-0.3, -0.25) is 19.7 Å². The van der Waals surface area contributed by atoms with Crippen LogP contribution in [0.2, 0.25) is 0 Å². The Bertz CT molecular complexity index is 989. The lowest BCUT2D eigenvalue weighted by Crippen LogP contribution is -2.50. The molecule has 0 aromatic heterocycles. The van der Waals surface area contributed by atoms with E-state index in [1.165, 1.54) is 6.07 Å². The molecule has 2 aromatic rings. The fourth-order valence-corrected chi connectivity index (χ4v) is 4.54. The fourth-order valence-electron chi connectivity index (χ4n) is 4.13. The van der Waals surface area contributed by atoms with Crippen LogP contribution in [0.4, 0.5) is 17.1 Å². The van der Waals surface area contributed by atoms with E-state index in [9.17, 15) is 19.7 Å². The van der Waals surface area contributed by atoms with Gasteiger partial charge in [-0.2, -0.15) is 0 Å². The summed E-state index contributed by atoms with van der Waals surface area (Å²) in [6, 6.07) is 14.4. The number of thioether (sulfide) groups is 1. The van der Waals surface area contributed by atoms with Crippen LogP contribution in [0.25, 0.3) is 0 Å². The molecule has 8 nitrogen and oxygen atoms in total. The molecule has 0 spiro atoms. The fraction of sp³-hybridized carbons (Fsp3) is 0.364. The van der Waals surface area contributed by atoms with E-state index in [-0.39, 0.29) is 29.8 Å². The van der Waals surface area contributed by atoms with Crippen molar-refractivity contribution in [3.05, 3.63) is 58.6 Å². The van der Waals surface area contributed by atoms with E-state index < -0.39 is 4.92 Å². The van der Waals surface area contributed by atoms with Gasteiger partial charge in [0.25, 0.3) is 5.69 Å². The molecule has 2 amide bonds. The quantitative estimate of drug-likeness (QED) is 0.404. The predicted molar refractivity (Wildman–Crippen MR) is 121 cm³/mol. The highest BCUT2D eigenvalue weighted by Gasteiger charge is 2.38. The number of benzene rings is 2. The largest absolute Gasteiger partial charge is 0.368 e. The highest BCUT2D eigenvalue weighted by atomic mass is 32.2. The second-order valence-corrected chi connectivity index (χ2v) is 8.57. The van der Waals surface area contributed by atoms with Gasteiger partial charge in [-0.15, -0.1) is 11.8 Å². The molecule has 31 heavy (non-hydrogen) atoms. The number of hydrogen-bond acceptors (Lipinski definition) is 6. The summed E-state index contributed by atoms with van der Waals surface area (Å²) in [5, 5.41) is 11.0. The Hall–Kier alpha value is -3.07. The zero-order valence-corrected chi connectivity index (χ0v) is 18.1. The average molecular weight is 441 g/mol. The van der Waals surface area contributed by atoms with E-state index in [0.29, 0.717) is 32.7 Å². The molecule has 0 saturated carbocycles. The molecule has 162 valence electrons. The van der Waals surface area contributed by atoms with Crippen LogP contribution in [-0.4, -0.2) is 60.6 Å². The van der Waals surface area contributed by atoms with Crippen molar-refractivity contribution in [2.45, 2.75) is 11.3 Å². The van der Waals surface area contributed by atoms with Crippen LogP contribution in [0.1, 0.15) is 6.42 Å². The monoisotopic (exact) mass is 440 g/mol. The summed E-state index contributed by atoms with van der Waals surface area (Å²) in [5.74, 6) is -0.349. The predicted octanol–water partition coefficient (Wildman–Crippen LogP) is 3.02. The molecular formula is C22H24N4O4S. The first-order valence-electron chi connectivity index (χ1n) is 10.2. The second-order valence-electron chi connectivity index (χ2n) is 7.69. The topological polar surface area (TPSA) is 87.0 Å². The van der Waals surface area contributed by atoms with E-state index in [4.69, 9.17) is 0 Å². The number of amides is 2. The Morgan fingerprint density at radius 1 is 1.06 bits per heavy atom. The Kier molecular flexibility index (Phi) is 6.13. The van der Waals surface area contributed by atoms with Crippen LogP contribution in [0.5, 0.6) is 0 Å². The summed E-state index contributed by atoms with van der Waals surface area (Å²) >= 11 is 1.64. The summed E-state index contributed by atoms with van der Waals surface area (Å²) in [5.41, 5.74) is 1.68. The number of non-ortho nitro benzene ring substituents is 1. The summed E-state index contributed by atoms with van der Waals surface area (Å²) in [6.07, 6.45) is 2.23. The summed E-state index contributed by atoms with van der Waals surface area (Å²) in [7, 11) is 0. The third-order valence-corrected chi connectivity index (χ3v) is 6.60. The zero-order chi connectivity index (χ0) is 22.0. The standard InChI is InChI=1S/C22H24N4O4S/c1-31-20-7-5-17(6-8-20)25-15-16(13-21(25)27)22(28)24-11-9-23(10-12-24)18-3-2-4-19(14-18)26(29)30/h2-8,14,16H,9-13,15H2,1H3. The normalized spacial score (nSPS) is 19.1. The van der Waals surface area contributed by atoms with Crippen molar-refractivity contribution in [1.82, 2.24) is 4.90 Å². The molecular weight excluding hydrogens is 416 g/mol. The summed E-state index contributed by atoms with van der Waals surface area (Å²) < 4.78 is 0. The average Bonchev–Trinajstić information content (AvgIpc) is 3.20. The number of carbonyl (C=O) groups is 2. The lowest BCUT2D eigenvalue weighted by molar-refractivity contribution is -0.384. The Morgan fingerprint density at radius 3 is 2.42 bits per heavy atom. The van der Waals surface area contributed by atoms with E-state index >= 15 is 0 Å². The number of nitro benzene ring substituents is 1. The minimum absolute atomic E-state index is 0.00951. The van der Waals surface area contributed by atoms with Crippen LogP contribution in [0.3, 0.4) is 0 Å². The molecule has 0 radical (unpaired) electrons. The number of piperazine rings is 1. The number of nitro groups is 1. The van der Waals surface area contributed by atoms with Gasteiger partial charge in [0, 0.05) is 67.5 Å². The van der Waals surface area contributed by atoms with Crippen LogP contribution in [-0.2, 0) is 9.59 Å². The summed E-state index contributed by atoms with van der Waals surface area (Å²) in [6.45, 7) is 2.69. The van der Waals surface area contributed by atoms with Gasteiger partial charge in [0.2, 0.25) is 11.8 Å². The van der Waals surface area contributed by atoms with Crippen LogP contribution in [0, 0.1) is 16.0 Å². The first-order chi connectivity index (χ1) is 15.0. The summed E-state index contributed by atoms with van der Waals surface area (Å²) in [4.78, 5) is 42.9.